The Kier molecular flexibility index (Phi) is 4.22. The number of imide groups is 1. The summed E-state index contributed by atoms with van der Waals surface area (Å²) < 4.78 is 0. The number of nitrogens with one attached hydrogen (secondary N) is 1. The third kappa shape index (κ3) is 3.02. The van der Waals surface area contributed by atoms with Gasteiger partial charge >= 0.3 is 12.0 Å². The maximum absolute atomic E-state index is 12.1. The van der Waals surface area contributed by atoms with Crippen LogP contribution < -0.4 is 5.32 Å². The molecule has 2 saturated heterocycles. The molecule has 7 heteroatoms. The molecule has 2 unspecified atom stereocenters. The summed E-state index contributed by atoms with van der Waals surface area (Å²) in [5, 5.41) is 12.0. The molecule has 0 aliphatic carbocycles. The van der Waals surface area contributed by atoms with Crippen molar-refractivity contribution in [1.82, 2.24) is 15.1 Å². The maximum atomic E-state index is 12.1. The third-order valence-electron chi connectivity index (χ3n) is 4.35. The van der Waals surface area contributed by atoms with Crippen molar-refractivity contribution in [3.05, 3.63) is 0 Å². The van der Waals surface area contributed by atoms with Gasteiger partial charge in [0, 0.05) is 13.1 Å². The molecule has 0 spiro atoms. The van der Waals surface area contributed by atoms with Crippen LogP contribution in [0.4, 0.5) is 4.79 Å². The summed E-state index contributed by atoms with van der Waals surface area (Å²) in [6.07, 6.45) is 1.83. The van der Waals surface area contributed by atoms with Crippen molar-refractivity contribution in [1.29, 1.82) is 0 Å². The SMILES string of the molecule is CC1CCCN(CCN2C(=O)NC(C)(C)C2=O)C1C(=O)O. The third-order valence-corrected chi connectivity index (χ3v) is 4.35. The van der Waals surface area contributed by atoms with Crippen molar-refractivity contribution >= 4 is 17.9 Å². The highest BCUT2D eigenvalue weighted by molar-refractivity contribution is 6.06. The molecule has 2 aliphatic rings. The predicted molar refractivity (Wildman–Crippen MR) is 75.7 cm³/mol. The highest BCUT2D eigenvalue weighted by Crippen LogP contribution is 2.24. The molecular weight excluding hydrogens is 274 g/mol. The standard InChI is InChI=1S/C14H23N3O4/c1-9-5-4-6-16(10(9)11(18)19)7-8-17-12(20)14(2,3)15-13(17)21/h9-10H,4-8H2,1-3H3,(H,15,21)(H,18,19). The van der Waals surface area contributed by atoms with Gasteiger partial charge < -0.3 is 10.4 Å². The first kappa shape index (κ1) is 15.8. The van der Waals surface area contributed by atoms with Gasteiger partial charge in [0.1, 0.15) is 11.6 Å². The molecule has 2 rings (SSSR count). The molecule has 21 heavy (non-hydrogen) atoms. The smallest absolute Gasteiger partial charge is 0.325 e. The lowest BCUT2D eigenvalue weighted by atomic mass is 9.91. The fourth-order valence-electron chi connectivity index (χ4n) is 3.17. The quantitative estimate of drug-likeness (QED) is 0.738. The summed E-state index contributed by atoms with van der Waals surface area (Å²) in [7, 11) is 0. The first-order chi connectivity index (χ1) is 9.74. The second-order valence-corrected chi connectivity index (χ2v) is 6.45. The van der Waals surface area contributed by atoms with E-state index in [1.807, 2.05) is 11.8 Å². The normalized spacial score (nSPS) is 29.6. The van der Waals surface area contributed by atoms with E-state index < -0.39 is 23.6 Å². The van der Waals surface area contributed by atoms with Crippen LogP contribution in [0.1, 0.15) is 33.6 Å². The molecule has 2 heterocycles. The summed E-state index contributed by atoms with van der Waals surface area (Å²) in [6.45, 7) is 6.57. The van der Waals surface area contributed by atoms with E-state index in [-0.39, 0.29) is 18.4 Å². The van der Waals surface area contributed by atoms with Crippen molar-refractivity contribution in [3.8, 4) is 0 Å². The summed E-state index contributed by atoms with van der Waals surface area (Å²) in [4.78, 5) is 38.4. The monoisotopic (exact) mass is 297 g/mol. The first-order valence-electron chi connectivity index (χ1n) is 7.35. The molecule has 0 saturated carbocycles. The Morgan fingerprint density at radius 3 is 2.57 bits per heavy atom. The highest BCUT2D eigenvalue weighted by Gasteiger charge is 2.44. The minimum absolute atomic E-state index is 0.0794. The molecule has 7 nitrogen and oxygen atoms in total. The molecule has 0 bridgehead atoms. The molecule has 2 N–H and O–H groups in total. The van der Waals surface area contributed by atoms with Gasteiger partial charge in [-0.05, 0) is 39.2 Å². The van der Waals surface area contributed by atoms with Crippen molar-refractivity contribution in [2.45, 2.75) is 45.2 Å². The maximum Gasteiger partial charge on any atom is 0.325 e. The van der Waals surface area contributed by atoms with Crippen LogP contribution >= 0.6 is 0 Å². The number of hydrogen-bond donors (Lipinski definition) is 2. The van der Waals surface area contributed by atoms with Crippen LogP contribution in [-0.4, -0.2) is 64.0 Å². The number of likely N-dealkylation sites (tertiary alicyclic amines) is 1. The Labute approximate surface area is 124 Å². The van der Waals surface area contributed by atoms with Crippen LogP contribution in [0.3, 0.4) is 0 Å². The van der Waals surface area contributed by atoms with Crippen LogP contribution in [0.2, 0.25) is 0 Å². The minimum Gasteiger partial charge on any atom is -0.480 e. The zero-order valence-corrected chi connectivity index (χ0v) is 12.8. The summed E-state index contributed by atoms with van der Waals surface area (Å²) in [6, 6.07) is -0.936. The van der Waals surface area contributed by atoms with Gasteiger partial charge in [0.15, 0.2) is 0 Å². The average molecular weight is 297 g/mol. The van der Waals surface area contributed by atoms with Gasteiger partial charge in [-0.15, -0.1) is 0 Å². The zero-order valence-electron chi connectivity index (χ0n) is 12.8. The number of nitrogens with zero attached hydrogens (tertiary/aromatic N) is 2. The van der Waals surface area contributed by atoms with Crippen molar-refractivity contribution in [2.24, 2.45) is 5.92 Å². The lowest BCUT2D eigenvalue weighted by molar-refractivity contribution is -0.146. The van der Waals surface area contributed by atoms with Gasteiger partial charge in [0.05, 0.1) is 0 Å². The van der Waals surface area contributed by atoms with Crippen LogP contribution in [0.5, 0.6) is 0 Å². The Bertz CT molecular complexity index is 463. The molecule has 0 aromatic heterocycles. The fourth-order valence-corrected chi connectivity index (χ4v) is 3.17. The number of aliphatic carboxylic acids is 1. The lowest BCUT2D eigenvalue weighted by Gasteiger charge is -2.37. The van der Waals surface area contributed by atoms with Crippen LogP contribution in [0, 0.1) is 5.92 Å². The highest BCUT2D eigenvalue weighted by atomic mass is 16.4. The van der Waals surface area contributed by atoms with E-state index in [2.05, 4.69) is 5.32 Å². The number of carboxylic acids is 1. The van der Waals surface area contributed by atoms with Gasteiger partial charge in [-0.1, -0.05) is 6.92 Å². The number of carboxylic acid groups (broad SMARTS) is 1. The predicted octanol–water partition coefficient (Wildman–Crippen LogP) is 0.502. The second kappa shape index (κ2) is 5.63. The van der Waals surface area contributed by atoms with Crippen molar-refractivity contribution in [2.75, 3.05) is 19.6 Å². The molecular formula is C14H23N3O4. The van der Waals surface area contributed by atoms with Crippen molar-refractivity contribution < 1.29 is 19.5 Å². The van der Waals surface area contributed by atoms with Crippen molar-refractivity contribution in [3.63, 3.8) is 0 Å². The molecule has 3 amide bonds. The molecule has 2 aliphatic heterocycles. The van der Waals surface area contributed by atoms with Crippen LogP contribution in [0.25, 0.3) is 0 Å². The first-order valence-corrected chi connectivity index (χ1v) is 7.35. The molecule has 0 aromatic rings. The number of piperidine rings is 1. The summed E-state index contributed by atoms with van der Waals surface area (Å²) >= 11 is 0. The second-order valence-electron chi connectivity index (χ2n) is 6.45. The van der Waals surface area contributed by atoms with Gasteiger partial charge in [0.25, 0.3) is 5.91 Å². The van der Waals surface area contributed by atoms with Crippen LogP contribution in [-0.2, 0) is 9.59 Å². The molecule has 0 radical (unpaired) electrons. The Hall–Kier alpha value is -1.63. The van der Waals surface area contributed by atoms with E-state index >= 15 is 0 Å². The number of urea groups is 1. The van der Waals surface area contributed by atoms with E-state index in [4.69, 9.17) is 0 Å². The van der Waals surface area contributed by atoms with Gasteiger partial charge in [-0.3, -0.25) is 19.4 Å². The number of carbonyl (C=O) groups is 3. The molecule has 118 valence electrons. The Balaban J connectivity index is 2.00. The largest absolute Gasteiger partial charge is 0.480 e. The Morgan fingerprint density at radius 2 is 2.05 bits per heavy atom. The average Bonchev–Trinajstić information content (AvgIpc) is 2.56. The number of hydrogen-bond acceptors (Lipinski definition) is 4. The van der Waals surface area contributed by atoms with E-state index in [0.717, 1.165) is 12.8 Å². The van der Waals surface area contributed by atoms with Crippen LogP contribution in [0.15, 0.2) is 0 Å². The van der Waals surface area contributed by atoms with E-state index in [1.54, 1.807) is 13.8 Å². The van der Waals surface area contributed by atoms with Gasteiger partial charge in [-0.2, -0.15) is 0 Å². The van der Waals surface area contributed by atoms with Gasteiger partial charge in [0.2, 0.25) is 0 Å². The number of amides is 3. The lowest BCUT2D eigenvalue weighted by Crippen LogP contribution is -2.52. The number of carbonyl (C=O) groups excluding carboxylic acids is 2. The molecule has 2 atom stereocenters. The molecule has 2 fully saturated rings. The fraction of sp³-hybridized carbons (Fsp3) is 0.786. The summed E-state index contributed by atoms with van der Waals surface area (Å²) in [5.74, 6) is -1.01. The zero-order chi connectivity index (χ0) is 15.8. The summed E-state index contributed by atoms with van der Waals surface area (Å²) in [5.41, 5.74) is -0.877. The Morgan fingerprint density at radius 1 is 1.38 bits per heavy atom. The van der Waals surface area contributed by atoms with E-state index in [0.29, 0.717) is 13.1 Å². The number of rotatable bonds is 4. The topological polar surface area (TPSA) is 90.0 Å². The van der Waals surface area contributed by atoms with E-state index in [1.165, 1.54) is 4.90 Å². The van der Waals surface area contributed by atoms with E-state index in [9.17, 15) is 19.5 Å². The van der Waals surface area contributed by atoms with Gasteiger partial charge in [-0.25, -0.2) is 4.79 Å². The molecule has 0 aromatic carbocycles. The minimum atomic E-state index is -0.877.